The van der Waals surface area contributed by atoms with E-state index in [9.17, 15) is 0 Å². The molecule has 0 bridgehead atoms. The normalized spacial score (nSPS) is 18.7. The number of imidazole rings is 1. The van der Waals surface area contributed by atoms with Crippen molar-refractivity contribution < 1.29 is 0 Å². The van der Waals surface area contributed by atoms with E-state index in [1.54, 1.807) is 12.7 Å². The fraction of sp³-hybridized carbons (Fsp3) is 0.500. The van der Waals surface area contributed by atoms with Gasteiger partial charge in [0.1, 0.15) is 11.8 Å². The number of fused-ring (bicyclic) bond motifs is 1. The quantitative estimate of drug-likeness (QED) is 0.802. The van der Waals surface area contributed by atoms with Gasteiger partial charge < -0.3 is 9.88 Å². The molecule has 0 radical (unpaired) electrons. The van der Waals surface area contributed by atoms with Crippen LogP contribution in [0.1, 0.15) is 30.7 Å². The second-order valence-electron chi connectivity index (χ2n) is 6.25. The number of aryl methyl sites for hydroxylation is 2. The number of aromatic nitrogens is 6. The van der Waals surface area contributed by atoms with E-state index in [1.807, 2.05) is 6.92 Å². The van der Waals surface area contributed by atoms with E-state index >= 15 is 0 Å². The van der Waals surface area contributed by atoms with Crippen molar-refractivity contribution in [2.75, 3.05) is 11.4 Å². The van der Waals surface area contributed by atoms with Crippen molar-refractivity contribution in [1.29, 1.82) is 0 Å². The first-order valence-corrected chi connectivity index (χ1v) is 8.14. The summed E-state index contributed by atoms with van der Waals surface area (Å²) in [5, 5.41) is 4.62. The smallest absolute Gasteiger partial charge is 0.182 e. The summed E-state index contributed by atoms with van der Waals surface area (Å²) in [5.41, 5.74) is 3.93. The molecule has 120 valence electrons. The lowest BCUT2D eigenvalue weighted by Crippen LogP contribution is -2.43. The summed E-state index contributed by atoms with van der Waals surface area (Å²) in [6, 6.07) is 2.52. The Morgan fingerprint density at radius 2 is 2.13 bits per heavy atom. The molecular formula is C16H21N7. The Morgan fingerprint density at radius 3 is 2.96 bits per heavy atom. The third-order valence-corrected chi connectivity index (χ3v) is 4.59. The largest absolute Gasteiger partial charge is 0.350 e. The standard InChI is InChI=1S/C16H21N7/c1-11-7-12(2)23(21-11)8-13-5-3-4-6-22(13)16-14-15(18-9-17-14)19-10-20-16/h7,9-10,13H,3-6,8H2,1-2H3,(H,17,18,19,20). The molecule has 4 heterocycles. The Hall–Kier alpha value is -2.44. The van der Waals surface area contributed by atoms with Crippen molar-refractivity contribution in [2.24, 2.45) is 0 Å². The first-order valence-electron chi connectivity index (χ1n) is 8.14. The minimum absolute atomic E-state index is 0.392. The van der Waals surface area contributed by atoms with Crippen LogP contribution in [-0.2, 0) is 6.54 Å². The highest BCUT2D eigenvalue weighted by molar-refractivity contribution is 5.82. The van der Waals surface area contributed by atoms with Gasteiger partial charge in [-0.25, -0.2) is 15.0 Å². The first kappa shape index (κ1) is 14.2. The number of anilines is 1. The topological polar surface area (TPSA) is 75.5 Å². The number of nitrogens with zero attached hydrogens (tertiary/aromatic N) is 6. The Morgan fingerprint density at radius 1 is 1.22 bits per heavy atom. The lowest BCUT2D eigenvalue weighted by molar-refractivity contribution is 0.393. The van der Waals surface area contributed by atoms with Crippen molar-refractivity contribution in [3.63, 3.8) is 0 Å². The molecule has 1 fully saturated rings. The molecule has 3 aromatic rings. The van der Waals surface area contributed by atoms with Gasteiger partial charge in [-0.05, 0) is 39.2 Å². The van der Waals surface area contributed by atoms with Gasteiger partial charge in [-0.2, -0.15) is 5.10 Å². The third kappa shape index (κ3) is 2.56. The Kier molecular flexibility index (Phi) is 3.48. The molecule has 0 spiro atoms. The highest BCUT2D eigenvalue weighted by atomic mass is 15.3. The van der Waals surface area contributed by atoms with Crippen molar-refractivity contribution >= 4 is 17.0 Å². The van der Waals surface area contributed by atoms with E-state index in [1.165, 1.54) is 18.5 Å². The van der Waals surface area contributed by atoms with Gasteiger partial charge in [0.25, 0.3) is 0 Å². The first-order chi connectivity index (χ1) is 11.2. The van der Waals surface area contributed by atoms with Crippen LogP contribution in [0.5, 0.6) is 0 Å². The fourth-order valence-corrected chi connectivity index (χ4v) is 3.50. The van der Waals surface area contributed by atoms with Crippen LogP contribution in [-0.4, -0.2) is 42.3 Å². The van der Waals surface area contributed by atoms with E-state index in [2.05, 4.69) is 47.6 Å². The molecule has 1 saturated heterocycles. The SMILES string of the molecule is Cc1cc(C)n(CC2CCCCN2c2ncnc3nc[nH]c23)n1. The van der Waals surface area contributed by atoms with E-state index < -0.39 is 0 Å². The molecule has 4 rings (SSSR count). The molecule has 1 atom stereocenters. The summed E-state index contributed by atoms with van der Waals surface area (Å²) in [7, 11) is 0. The Labute approximate surface area is 134 Å². The van der Waals surface area contributed by atoms with E-state index in [4.69, 9.17) is 0 Å². The molecule has 3 aromatic heterocycles. The van der Waals surface area contributed by atoms with Crippen LogP contribution >= 0.6 is 0 Å². The van der Waals surface area contributed by atoms with Crippen molar-refractivity contribution in [1.82, 2.24) is 29.7 Å². The van der Waals surface area contributed by atoms with E-state index in [0.717, 1.165) is 42.2 Å². The van der Waals surface area contributed by atoms with Gasteiger partial charge in [0.15, 0.2) is 11.5 Å². The molecule has 1 N–H and O–H groups in total. The molecule has 0 saturated carbocycles. The van der Waals surface area contributed by atoms with Crippen LogP contribution in [0, 0.1) is 13.8 Å². The molecular weight excluding hydrogens is 290 g/mol. The highest BCUT2D eigenvalue weighted by Gasteiger charge is 2.26. The van der Waals surface area contributed by atoms with Crippen LogP contribution in [0.4, 0.5) is 5.82 Å². The maximum absolute atomic E-state index is 4.62. The van der Waals surface area contributed by atoms with Gasteiger partial charge in [0.2, 0.25) is 0 Å². The average molecular weight is 311 g/mol. The predicted octanol–water partition coefficient (Wildman–Crippen LogP) is 2.23. The van der Waals surface area contributed by atoms with Gasteiger partial charge in [-0.1, -0.05) is 0 Å². The molecule has 1 aliphatic heterocycles. The van der Waals surface area contributed by atoms with Gasteiger partial charge >= 0.3 is 0 Å². The molecule has 23 heavy (non-hydrogen) atoms. The number of aromatic amines is 1. The number of piperidine rings is 1. The summed E-state index contributed by atoms with van der Waals surface area (Å²) in [4.78, 5) is 18.6. The molecule has 0 aliphatic carbocycles. The summed E-state index contributed by atoms with van der Waals surface area (Å²) in [6.07, 6.45) is 6.87. The van der Waals surface area contributed by atoms with Gasteiger partial charge in [0.05, 0.1) is 24.6 Å². The van der Waals surface area contributed by atoms with Crippen LogP contribution < -0.4 is 4.90 Å². The maximum Gasteiger partial charge on any atom is 0.182 e. The van der Waals surface area contributed by atoms with Crippen molar-refractivity contribution in [2.45, 2.75) is 45.7 Å². The second-order valence-corrected chi connectivity index (χ2v) is 6.25. The Bertz CT molecular complexity index is 819. The lowest BCUT2D eigenvalue weighted by Gasteiger charge is -2.36. The van der Waals surface area contributed by atoms with Gasteiger partial charge in [-0.15, -0.1) is 0 Å². The molecule has 7 nitrogen and oxygen atoms in total. The highest BCUT2D eigenvalue weighted by Crippen LogP contribution is 2.28. The van der Waals surface area contributed by atoms with Gasteiger partial charge in [0, 0.05) is 12.2 Å². The summed E-state index contributed by atoms with van der Waals surface area (Å²) >= 11 is 0. The molecule has 0 amide bonds. The molecule has 0 aromatic carbocycles. The number of hydrogen-bond donors (Lipinski definition) is 1. The van der Waals surface area contributed by atoms with Gasteiger partial charge in [-0.3, -0.25) is 4.68 Å². The predicted molar refractivity (Wildman–Crippen MR) is 88.4 cm³/mol. The molecule has 1 aliphatic rings. The fourth-order valence-electron chi connectivity index (χ4n) is 3.50. The molecule has 7 heteroatoms. The Balaban J connectivity index is 1.68. The summed E-state index contributed by atoms with van der Waals surface area (Å²) < 4.78 is 2.11. The lowest BCUT2D eigenvalue weighted by atomic mass is 10.0. The zero-order valence-electron chi connectivity index (χ0n) is 13.5. The number of H-pyrrole nitrogens is 1. The minimum atomic E-state index is 0.392. The number of nitrogens with one attached hydrogen (secondary N) is 1. The number of rotatable bonds is 3. The number of hydrogen-bond acceptors (Lipinski definition) is 5. The van der Waals surface area contributed by atoms with Crippen molar-refractivity contribution in [3.05, 3.63) is 30.1 Å². The summed E-state index contributed by atoms with van der Waals surface area (Å²) in [5.74, 6) is 0.957. The van der Waals surface area contributed by atoms with E-state index in [-0.39, 0.29) is 0 Å². The van der Waals surface area contributed by atoms with Crippen LogP contribution in [0.25, 0.3) is 11.2 Å². The zero-order valence-corrected chi connectivity index (χ0v) is 13.5. The monoisotopic (exact) mass is 311 g/mol. The third-order valence-electron chi connectivity index (χ3n) is 4.59. The van der Waals surface area contributed by atoms with Crippen LogP contribution in [0.3, 0.4) is 0 Å². The maximum atomic E-state index is 4.62. The van der Waals surface area contributed by atoms with Crippen molar-refractivity contribution in [3.8, 4) is 0 Å². The average Bonchev–Trinajstić information content (AvgIpc) is 3.14. The van der Waals surface area contributed by atoms with Crippen LogP contribution in [0.2, 0.25) is 0 Å². The minimum Gasteiger partial charge on any atom is -0.350 e. The zero-order chi connectivity index (χ0) is 15.8. The van der Waals surface area contributed by atoms with Crippen LogP contribution in [0.15, 0.2) is 18.7 Å². The second kappa shape index (κ2) is 5.64. The summed E-state index contributed by atoms with van der Waals surface area (Å²) in [6.45, 7) is 6.06. The van der Waals surface area contributed by atoms with E-state index in [0.29, 0.717) is 6.04 Å². The molecule has 1 unspecified atom stereocenters.